The van der Waals surface area contributed by atoms with Gasteiger partial charge in [-0.3, -0.25) is 4.79 Å². The summed E-state index contributed by atoms with van der Waals surface area (Å²) in [5, 5.41) is 62.6. The van der Waals surface area contributed by atoms with E-state index in [9.17, 15) is 35.4 Å². The molecule has 12 heteroatoms. The summed E-state index contributed by atoms with van der Waals surface area (Å²) in [6.45, 7) is 2.42. The van der Waals surface area contributed by atoms with Gasteiger partial charge in [0.25, 0.3) is 0 Å². The minimum atomic E-state index is -1.71. The number of unbranched alkanes of at least 4 members (excludes halogenated alkanes) is 3. The van der Waals surface area contributed by atoms with E-state index in [0.29, 0.717) is 6.61 Å². The van der Waals surface area contributed by atoms with Crippen LogP contribution in [0, 0.1) is 0 Å². The van der Waals surface area contributed by atoms with Crippen molar-refractivity contribution in [3.05, 3.63) is 0 Å². The monoisotopic (exact) mass is 467 g/mol. The average molecular weight is 468 g/mol. The van der Waals surface area contributed by atoms with Gasteiger partial charge in [-0.05, 0) is 6.42 Å². The van der Waals surface area contributed by atoms with E-state index in [1.807, 2.05) is 0 Å². The topological polar surface area (TPSA) is 187 Å². The Bertz CT molecular complexity index is 566. The lowest BCUT2D eigenvalue weighted by Gasteiger charge is -2.47. The molecule has 2 rings (SSSR count). The minimum Gasteiger partial charge on any atom is -0.394 e. The Morgan fingerprint density at radius 3 is 2.09 bits per heavy atom. The highest BCUT2D eigenvalue weighted by molar-refractivity contribution is 5.73. The van der Waals surface area contributed by atoms with Crippen LogP contribution in [0.5, 0.6) is 0 Å². The van der Waals surface area contributed by atoms with Gasteiger partial charge in [0.05, 0.1) is 13.2 Å². The molecule has 32 heavy (non-hydrogen) atoms. The molecule has 0 saturated carbocycles. The molecule has 2 heterocycles. The molecule has 0 aromatic heterocycles. The first-order valence-corrected chi connectivity index (χ1v) is 11.0. The molecule has 7 N–H and O–H groups in total. The Balaban J connectivity index is 2.19. The van der Waals surface area contributed by atoms with E-state index in [4.69, 9.17) is 18.9 Å². The van der Waals surface area contributed by atoms with Crippen molar-refractivity contribution in [1.82, 2.24) is 5.32 Å². The molecule has 1 amide bonds. The highest BCUT2D eigenvalue weighted by Crippen LogP contribution is 2.29. The summed E-state index contributed by atoms with van der Waals surface area (Å²) in [5.41, 5.74) is 0. The third-order valence-corrected chi connectivity index (χ3v) is 5.64. The van der Waals surface area contributed by atoms with Crippen LogP contribution in [-0.4, -0.2) is 118 Å². The molecule has 2 aliphatic heterocycles. The Kier molecular flexibility index (Phi) is 11.2. The van der Waals surface area contributed by atoms with Gasteiger partial charge < -0.3 is 54.9 Å². The SMILES string of the molecule is CCCCCCO[C@@H]1O[C@H](CO)[C@@H](O)[C@H](O[C@@H]2O[C@H](CO)[C@H](O)[C@H](O)[C@H]2O)[C@H]1NC(C)=O. The predicted molar refractivity (Wildman–Crippen MR) is 108 cm³/mol. The maximum atomic E-state index is 11.8. The van der Waals surface area contributed by atoms with E-state index in [0.717, 1.165) is 25.7 Å². The van der Waals surface area contributed by atoms with E-state index < -0.39 is 80.5 Å². The van der Waals surface area contributed by atoms with Gasteiger partial charge in [0, 0.05) is 13.5 Å². The number of aliphatic hydroxyl groups excluding tert-OH is 6. The average Bonchev–Trinajstić information content (AvgIpc) is 2.76. The smallest absolute Gasteiger partial charge is 0.217 e. The summed E-state index contributed by atoms with van der Waals surface area (Å²) in [5.74, 6) is -0.463. The van der Waals surface area contributed by atoms with Crippen LogP contribution < -0.4 is 5.32 Å². The summed E-state index contributed by atoms with van der Waals surface area (Å²) < 4.78 is 22.5. The maximum Gasteiger partial charge on any atom is 0.217 e. The van der Waals surface area contributed by atoms with Gasteiger partial charge in [-0.25, -0.2) is 0 Å². The number of hydrogen-bond acceptors (Lipinski definition) is 11. The number of carbonyl (C=O) groups is 1. The molecule has 188 valence electrons. The Labute approximate surface area is 187 Å². The summed E-state index contributed by atoms with van der Waals surface area (Å²) in [6.07, 6.45) is -8.89. The molecule has 0 spiro atoms. The third kappa shape index (κ3) is 6.79. The van der Waals surface area contributed by atoms with E-state index >= 15 is 0 Å². The highest BCUT2D eigenvalue weighted by atomic mass is 16.7. The molecule has 10 atom stereocenters. The standard InChI is InChI=1S/C20H37NO11/c1-3-4-5-6-7-29-19-13(21-10(2)24)18(15(26)12(9-23)30-19)32-20-17(28)16(27)14(25)11(8-22)31-20/h11-20,22-23,25-28H,3-9H2,1-2H3,(H,21,24)/t11-,12-,13-,14+,15-,16+,17-,18-,19-,20+/m1/s1. The van der Waals surface area contributed by atoms with Crippen LogP contribution >= 0.6 is 0 Å². The van der Waals surface area contributed by atoms with Gasteiger partial charge in [0.15, 0.2) is 12.6 Å². The largest absolute Gasteiger partial charge is 0.394 e. The number of aliphatic hydroxyl groups is 6. The van der Waals surface area contributed by atoms with Crippen LogP contribution in [0.15, 0.2) is 0 Å². The molecule has 0 aromatic carbocycles. The summed E-state index contributed by atoms with van der Waals surface area (Å²) >= 11 is 0. The fourth-order valence-corrected chi connectivity index (χ4v) is 3.82. The third-order valence-electron chi connectivity index (χ3n) is 5.64. The fourth-order valence-electron chi connectivity index (χ4n) is 3.82. The van der Waals surface area contributed by atoms with Crippen molar-refractivity contribution in [2.45, 2.75) is 101 Å². The lowest BCUT2D eigenvalue weighted by atomic mass is 9.95. The number of amides is 1. The van der Waals surface area contributed by atoms with Crippen molar-refractivity contribution in [3.8, 4) is 0 Å². The van der Waals surface area contributed by atoms with Crippen molar-refractivity contribution in [2.75, 3.05) is 19.8 Å². The second-order valence-corrected chi connectivity index (χ2v) is 8.17. The number of hydrogen-bond donors (Lipinski definition) is 7. The molecule has 0 unspecified atom stereocenters. The minimum absolute atomic E-state index is 0.307. The molecular formula is C20H37NO11. The second-order valence-electron chi connectivity index (χ2n) is 8.17. The predicted octanol–water partition coefficient (Wildman–Crippen LogP) is -2.65. The van der Waals surface area contributed by atoms with Crippen molar-refractivity contribution in [1.29, 1.82) is 0 Å². The lowest BCUT2D eigenvalue weighted by molar-refractivity contribution is -0.344. The second kappa shape index (κ2) is 13.1. The van der Waals surface area contributed by atoms with Crippen LogP contribution in [0.2, 0.25) is 0 Å². The Hall–Kier alpha value is -0.930. The molecule has 12 nitrogen and oxygen atoms in total. The van der Waals surface area contributed by atoms with Gasteiger partial charge in [-0.15, -0.1) is 0 Å². The van der Waals surface area contributed by atoms with Crippen molar-refractivity contribution >= 4 is 5.91 Å². The number of rotatable bonds is 11. The molecule has 0 aliphatic carbocycles. The molecule has 0 bridgehead atoms. The van der Waals surface area contributed by atoms with E-state index in [1.165, 1.54) is 6.92 Å². The first kappa shape index (κ1) is 27.3. The Morgan fingerprint density at radius 1 is 0.875 bits per heavy atom. The number of carbonyl (C=O) groups excluding carboxylic acids is 1. The molecule has 0 aromatic rings. The maximum absolute atomic E-state index is 11.8. The first-order valence-electron chi connectivity index (χ1n) is 11.0. The Morgan fingerprint density at radius 2 is 1.50 bits per heavy atom. The van der Waals surface area contributed by atoms with E-state index in [-0.39, 0.29) is 0 Å². The number of ether oxygens (including phenoxy) is 4. The van der Waals surface area contributed by atoms with E-state index in [2.05, 4.69) is 12.2 Å². The number of nitrogens with one attached hydrogen (secondary N) is 1. The highest BCUT2D eigenvalue weighted by Gasteiger charge is 2.51. The lowest BCUT2D eigenvalue weighted by Crippen LogP contribution is -2.68. The zero-order chi connectivity index (χ0) is 23.8. The first-order chi connectivity index (χ1) is 15.2. The zero-order valence-electron chi connectivity index (χ0n) is 18.4. The zero-order valence-corrected chi connectivity index (χ0v) is 18.4. The normalized spacial score (nSPS) is 40.2. The van der Waals surface area contributed by atoms with Crippen LogP contribution in [0.3, 0.4) is 0 Å². The van der Waals surface area contributed by atoms with Crippen molar-refractivity contribution in [3.63, 3.8) is 0 Å². The van der Waals surface area contributed by atoms with Crippen LogP contribution in [0.4, 0.5) is 0 Å². The molecular weight excluding hydrogens is 430 g/mol. The van der Waals surface area contributed by atoms with Gasteiger partial charge in [-0.1, -0.05) is 26.2 Å². The van der Waals surface area contributed by atoms with Gasteiger partial charge in [-0.2, -0.15) is 0 Å². The molecule has 2 aliphatic rings. The van der Waals surface area contributed by atoms with Gasteiger partial charge >= 0.3 is 0 Å². The van der Waals surface area contributed by atoms with Crippen LogP contribution in [0.25, 0.3) is 0 Å². The van der Waals surface area contributed by atoms with Crippen LogP contribution in [0.1, 0.15) is 39.5 Å². The van der Waals surface area contributed by atoms with Crippen molar-refractivity contribution < 1.29 is 54.4 Å². The summed E-state index contributed by atoms with van der Waals surface area (Å²) in [7, 11) is 0. The van der Waals surface area contributed by atoms with Crippen LogP contribution in [-0.2, 0) is 23.7 Å². The molecule has 2 saturated heterocycles. The van der Waals surface area contributed by atoms with E-state index in [1.54, 1.807) is 0 Å². The summed E-state index contributed by atoms with van der Waals surface area (Å²) in [6, 6.07) is -1.04. The quantitative estimate of drug-likeness (QED) is 0.157. The summed E-state index contributed by atoms with van der Waals surface area (Å²) in [4.78, 5) is 11.8. The molecule has 2 fully saturated rings. The molecule has 0 radical (unpaired) electrons. The fraction of sp³-hybridized carbons (Fsp3) is 0.950. The van der Waals surface area contributed by atoms with Crippen molar-refractivity contribution in [2.24, 2.45) is 0 Å². The van der Waals surface area contributed by atoms with Gasteiger partial charge in [0.1, 0.15) is 48.8 Å². The van der Waals surface area contributed by atoms with Gasteiger partial charge in [0.2, 0.25) is 5.91 Å².